The highest BCUT2D eigenvalue weighted by atomic mass is 79.9. The molecule has 1 amide bonds. The fourth-order valence-corrected chi connectivity index (χ4v) is 2.47. The largest absolute Gasteiger partial charge is 0.449 e. The predicted octanol–water partition coefficient (Wildman–Crippen LogP) is 3.29. The number of hydrogen-bond acceptors (Lipinski definition) is 4. The number of hydrazone groups is 1. The number of carbonyl (C=O) groups excluding carboxylic acids is 1. The average molecular weight is 305 g/mol. The highest BCUT2D eigenvalue weighted by molar-refractivity contribution is 9.10. The van der Waals surface area contributed by atoms with Crippen molar-refractivity contribution in [3.63, 3.8) is 0 Å². The fourth-order valence-electron chi connectivity index (χ4n) is 0.986. The van der Waals surface area contributed by atoms with E-state index in [0.717, 1.165) is 15.1 Å². The molecule has 0 radical (unpaired) electrons. The zero-order valence-corrected chi connectivity index (χ0v) is 11.7. The van der Waals surface area contributed by atoms with Crippen LogP contribution in [0.15, 0.2) is 15.6 Å². The van der Waals surface area contributed by atoms with Crippen molar-refractivity contribution >= 4 is 39.1 Å². The summed E-state index contributed by atoms with van der Waals surface area (Å²) in [6, 6.07) is 1.98. The Morgan fingerprint density at radius 2 is 2.38 bits per heavy atom. The number of ether oxygens (including phenoxy) is 1. The summed E-state index contributed by atoms with van der Waals surface area (Å²) in [5, 5.41) is 3.95. The van der Waals surface area contributed by atoms with Gasteiger partial charge in [0.05, 0.1) is 17.2 Å². The predicted molar refractivity (Wildman–Crippen MR) is 69.1 cm³/mol. The third-order valence-electron chi connectivity index (χ3n) is 1.80. The highest BCUT2D eigenvalue weighted by Crippen LogP contribution is 2.26. The summed E-state index contributed by atoms with van der Waals surface area (Å²) in [5.74, 6) is 0. The van der Waals surface area contributed by atoms with E-state index >= 15 is 0 Å². The Morgan fingerprint density at radius 1 is 1.69 bits per heavy atom. The summed E-state index contributed by atoms with van der Waals surface area (Å²) < 4.78 is 5.75. The minimum absolute atomic E-state index is 0.337. The maximum absolute atomic E-state index is 11.0. The first-order valence-corrected chi connectivity index (χ1v) is 6.39. The van der Waals surface area contributed by atoms with E-state index in [1.807, 2.05) is 19.9 Å². The molecule has 1 heterocycles. The van der Waals surface area contributed by atoms with Crippen LogP contribution in [0.4, 0.5) is 4.79 Å². The van der Waals surface area contributed by atoms with Gasteiger partial charge in [0.1, 0.15) is 0 Å². The van der Waals surface area contributed by atoms with Crippen LogP contribution in [0.5, 0.6) is 0 Å². The van der Waals surface area contributed by atoms with Gasteiger partial charge in [0.25, 0.3) is 0 Å². The topological polar surface area (TPSA) is 50.7 Å². The van der Waals surface area contributed by atoms with Gasteiger partial charge in [0.15, 0.2) is 0 Å². The van der Waals surface area contributed by atoms with E-state index in [4.69, 9.17) is 4.74 Å². The normalized spacial score (nSPS) is 11.4. The van der Waals surface area contributed by atoms with E-state index < -0.39 is 6.09 Å². The van der Waals surface area contributed by atoms with Crippen LogP contribution in [-0.4, -0.2) is 18.4 Å². The Labute approximate surface area is 107 Å². The van der Waals surface area contributed by atoms with Gasteiger partial charge >= 0.3 is 6.09 Å². The quantitative estimate of drug-likeness (QED) is 0.688. The zero-order chi connectivity index (χ0) is 12.1. The number of rotatable bonds is 3. The molecule has 0 aliphatic heterocycles. The smallest absolute Gasteiger partial charge is 0.427 e. The summed E-state index contributed by atoms with van der Waals surface area (Å²) in [6.07, 6.45) is -0.533. The van der Waals surface area contributed by atoms with Gasteiger partial charge in [-0.2, -0.15) is 5.10 Å². The first-order chi connectivity index (χ1) is 7.54. The van der Waals surface area contributed by atoms with Gasteiger partial charge in [-0.3, -0.25) is 0 Å². The molecule has 1 N–H and O–H groups in total. The second kappa shape index (κ2) is 6.00. The molecule has 0 aliphatic rings. The van der Waals surface area contributed by atoms with E-state index in [0.29, 0.717) is 6.61 Å². The maximum Gasteiger partial charge on any atom is 0.427 e. The SMILES string of the molecule is CCOC(=O)NN=C(C)c1cc(Br)c(C)s1. The molecule has 16 heavy (non-hydrogen) atoms. The molecule has 4 nitrogen and oxygen atoms in total. The number of thiophene rings is 1. The summed E-state index contributed by atoms with van der Waals surface area (Å²) in [5.41, 5.74) is 3.09. The van der Waals surface area contributed by atoms with E-state index in [1.54, 1.807) is 18.3 Å². The number of aryl methyl sites for hydroxylation is 1. The molecular formula is C10H13BrN2O2S. The Balaban J connectivity index is 2.66. The van der Waals surface area contributed by atoms with Gasteiger partial charge in [-0.15, -0.1) is 11.3 Å². The lowest BCUT2D eigenvalue weighted by Gasteiger charge is -2.00. The number of nitrogens with zero attached hydrogens (tertiary/aromatic N) is 1. The van der Waals surface area contributed by atoms with Crippen LogP contribution in [0, 0.1) is 6.92 Å². The molecule has 88 valence electrons. The van der Waals surface area contributed by atoms with Crippen LogP contribution in [0.1, 0.15) is 23.6 Å². The fraction of sp³-hybridized carbons (Fsp3) is 0.400. The zero-order valence-electron chi connectivity index (χ0n) is 9.33. The minimum atomic E-state index is -0.533. The number of nitrogens with one attached hydrogen (secondary N) is 1. The van der Waals surface area contributed by atoms with E-state index in [1.165, 1.54) is 4.88 Å². The van der Waals surface area contributed by atoms with Gasteiger partial charge in [-0.05, 0) is 42.8 Å². The summed E-state index contributed by atoms with van der Waals surface area (Å²) >= 11 is 5.05. The van der Waals surface area contributed by atoms with Crippen molar-refractivity contribution in [2.45, 2.75) is 20.8 Å². The third kappa shape index (κ3) is 3.61. The van der Waals surface area contributed by atoms with Gasteiger partial charge in [-0.1, -0.05) is 0 Å². The first-order valence-electron chi connectivity index (χ1n) is 4.78. The molecule has 0 aliphatic carbocycles. The van der Waals surface area contributed by atoms with E-state index in [9.17, 15) is 4.79 Å². The molecule has 0 unspecified atom stereocenters. The molecule has 1 aromatic rings. The summed E-state index contributed by atoms with van der Waals surface area (Å²) in [7, 11) is 0. The first kappa shape index (κ1) is 13.2. The van der Waals surface area contributed by atoms with E-state index in [-0.39, 0.29) is 0 Å². The van der Waals surface area contributed by atoms with Crippen molar-refractivity contribution in [1.29, 1.82) is 0 Å². The van der Waals surface area contributed by atoms with Crippen molar-refractivity contribution in [1.82, 2.24) is 5.43 Å². The van der Waals surface area contributed by atoms with Crippen molar-refractivity contribution < 1.29 is 9.53 Å². The molecule has 0 atom stereocenters. The molecule has 6 heteroatoms. The monoisotopic (exact) mass is 304 g/mol. The molecule has 0 spiro atoms. The van der Waals surface area contributed by atoms with Crippen LogP contribution in [0.25, 0.3) is 0 Å². The van der Waals surface area contributed by atoms with Crippen LogP contribution in [0.3, 0.4) is 0 Å². The summed E-state index contributed by atoms with van der Waals surface area (Å²) in [6.45, 7) is 5.94. The molecule has 0 saturated heterocycles. The number of amides is 1. The third-order valence-corrected chi connectivity index (χ3v) is 4.05. The van der Waals surface area contributed by atoms with Crippen molar-refractivity contribution in [3.8, 4) is 0 Å². The molecule has 1 aromatic heterocycles. The second-order valence-electron chi connectivity index (χ2n) is 3.04. The number of hydrogen-bond donors (Lipinski definition) is 1. The lowest BCUT2D eigenvalue weighted by molar-refractivity contribution is 0.152. The Kier molecular flexibility index (Phi) is 4.95. The lowest BCUT2D eigenvalue weighted by Crippen LogP contribution is -2.20. The Hall–Kier alpha value is -0.880. The van der Waals surface area contributed by atoms with Crippen molar-refractivity contribution in [2.24, 2.45) is 5.10 Å². The van der Waals surface area contributed by atoms with Crippen molar-refractivity contribution in [3.05, 3.63) is 20.3 Å². The van der Waals surface area contributed by atoms with Gasteiger partial charge in [0.2, 0.25) is 0 Å². The molecular weight excluding hydrogens is 292 g/mol. The van der Waals surface area contributed by atoms with Crippen LogP contribution in [0.2, 0.25) is 0 Å². The minimum Gasteiger partial charge on any atom is -0.449 e. The van der Waals surface area contributed by atoms with Crippen LogP contribution < -0.4 is 5.43 Å². The molecule has 0 fully saturated rings. The Morgan fingerprint density at radius 3 is 2.88 bits per heavy atom. The van der Waals surface area contributed by atoms with Gasteiger partial charge in [-0.25, -0.2) is 10.2 Å². The second-order valence-corrected chi connectivity index (χ2v) is 5.15. The maximum atomic E-state index is 11.0. The number of halogens is 1. The number of carbonyl (C=O) groups is 1. The molecule has 0 bridgehead atoms. The standard InChI is InChI=1S/C10H13BrN2O2S/c1-4-15-10(14)13-12-6(2)9-5-8(11)7(3)16-9/h5H,4H2,1-3H3,(H,13,14). The molecule has 0 saturated carbocycles. The van der Waals surface area contributed by atoms with Crippen LogP contribution >= 0.6 is 27.3 Å². The average Bonchev–Trinajstić information content (AvgIpc) is 2.56. The lowest BCUT2D eigenvalue weighted by atomic mass is 10.3. The van der Waals surface area contributed by atoms with Gasteiger partial charge < -0.3 is 4.74 Å². The van der Waals surface area contributed by atoms with Gasteiger partial charge in [0, 0.05) is 9.35 Å². The van der Waals surface area contributed by atoms with Crippen molar-refractivity contribution in [2.75, 3.05) is 6.61 Å². The summed E-state index contributed by atoms with van der Waals surface area (Å²) in [4.78, 5) is 13.2. The Bertz CT molecular complexity index is 395. The molecule has 1 rings (SSSR count). The van der Waals surface area contributed by atoms with Crippen LogP contribution in [-0.2, 0) is 4.74 Å². The van der Waals surface area contributed by atoms with E-state index in [2.05, 4.69) is 26.5 Å². The highest BCUT2D eigenvalue weighted by Gasteiger charge is 2.06. The molecule has 0 aromatic carbocycles.